The van der Waals surface area contributed by atoms with Gasteiger partial charge in [0.2, 0.25) is 5.91 Å². The smallest absolute Gasteiger partial charge is 0.253 e. The van der Waals surface area contributed by atoms with Crippen LogP contribution >= 0.6 is 11.8 Å². The number of hydrogen-bond donors (Lipinski definition) is 1. The van der Waals surface area contributed by atoms with Gasteiger partial charge >= 0.3 is 0 Å². The van der Waals surface area contributed by atoms with Gasteiger partial charge in [0, 0.05) is 35.7 Å². The molecule has 1 saturated heterocycles. The van der Waals surface area contributed by atoms with Crippen LogP contribution < -0.4 is 5.32 Å². The molecule has 4 nitrogen and oxygen atoms in total. The van der Waals surface area contributed by atoms with Crippen molar-refractivity contribution in [3.63, 3.8) is 0 Å². The topological polar surface area (TPSA) is 49.4 Å². The van der Waals surface area contributed by atoms with E-state index in [1.54, 1.807) is 11.8 Å². The van der Waals surface area contributed by atoms with E-state index in [2.05, 4.69) is 12.2 Å². The van der Waals surface area contributed by atoms with E-state index in [4.69, 9.17) is 0 Å². The molecule has 0 spiro atoms. The Bertz CT molecular complexity index is 617. The maximum atomic E-state index is 12.9. The standard InChI is InChI=1S/C19H26N2O2S/c1-2-4-14-5-3-10-21(11-8-14)19(23)15-6-7-17-16(13-15)20-18(22)9-12-24-17/h6-7,13-14H,2-5,8-12H2,1H3,(H,20,22)/t14-/m0/s1. The van der Waals surface area contributed by atoms with E-state index in [9.17, 15) is 9.59 Å². The van der Waals surface area contributed by atoms with Crippen LogP contribution in [0, 0.1) is 5.92 Å². The quantitative estimate of drug-likeness (QED) is 0.894. The SMILES string of the molecule is CCC[C@H]1CCCN(C(=O)c2ccc3c(c2)NC(=O)CCS3)CC1. The number of nitrogens with one attached hydrogen (secondary N) is 1. The summed E-state index contributed by atoms with van der Waals surface area (Å²) in [5, 5.41) is 2.93. The maximum absolute atomic E-state index is 12.9. The fourth-order valence-corrected chi connectivity index (χ4v) is 4.54. The Labute approximate surface area is 148 Å². The number of benzene rings is 1. The monoisotopic (exact) mass is 346 g/mol. The molecule has 0 bridgehead atoms. The van der Waals surface area contributed by atoms with E-state index in [1.807, 2.05) is 23.1 Å². The van der Waals surface area contributed by atoms with Crippen molar-refractivity contribution in [3.05, 3.63) is 23.8 Å². The fourth-order valence-electron chi connectivity index (χ4n) is 3.60. The lowest BCUT2D eigenvalue weighted by molar-refractivity contribution is -0.115. The molecule has 1 aromatic rings. The van der Waals surface area contributed by atoms with Gasteiger partial charge in [0.1, 0.15) is 0 Å². The highest BCUT2D eigenvalue weighted by atomic mass is 32.2. The third-order valence-corrected chi connectivity index (χ3v) is 5.99. The fraction of sp³-hybridized carbons (Fsp3) is 0.579. The van der Waals surface area contributed by atoms with Gasteiger partial charge in [-0.25, -0.2) is 0 Å². The first kappa shape index (κ1) is 17.3. The van der Waals surface area contributed by atoms with Crippen molar-refractivity contribution in [2.24, 2.45) is 5.92 Å². The predicted molar refractivity (Wildman–Crippen MR) is 98.6 cm³/mol. The number of carbonyl (C=O) groups excluding carboxylic acids is 2. The zero-order valence-electron chi connectivity index (χ0n) is 14.3. The Hall–Kier alpha value is -1.49. The number of amides is 2. The second-order valence-corrected chi connectivity index (χ2v) is 7.87. The molecule has 1 atom stereocenters. The van der Waals surface area contributed by atoms with Crippen molar-refractivity contribution < 1.29 is 9.59 Å². The van der Waals surface area contributed by atoms with E-state index in [0.29, 0.717) is 12.0 Å². The molecular formula is C19H26N2O2S. The van der Waals surface area contributed by atoms with Crippen molar-refractivity contribution in [1.82, 2.24) is 4.90 Å². The molecule has 1 N–H and O–H groups in total. The van der Waals surface area contributed by atoms with Gasteiger partial charge in [-0.2, -0.15) is 0 Å². The highest BCUT2D eigenvalue weighted by Crippen LogP contribution is 2.32. The second kappa shape index (κ2) is 8.06. The average molecular weight is 346 g/mol. The summed E-state index contributed by atoms with van der Waals surface area (Å²) in [5.74, 6) is 1.67. The van der Waals surface area contributed by atoms with Gasteiger partial charge in [0.25, 0.3) is 5.91 Å². The third-order valence-electron chi connectivity index (χ3n) is 4.92. The molecule has 0 aromatic heterocycles. The van der Waals surface area contributed by atoms with Crippen molar-refractivity contribution in [1.29, 1.82) is 0 Å². The number of nitrogens with zero attached hydrogens (tertiary/aromatic N) is 1. The second-order valence-electron chi connectivity index (χ2n) is 6.74. The third kappa shape index (κ3) is 4.12. The van der Waals surface area contributed by atoms with Gasteiger partial charge in [-0.3, -0.25) is 9.59 Å². The lowest BCUT2D eigenvalue weighted by atomic mass is 9.96. The van der Waals surface area contributed by atoms with Crippen LogP contribution in [0.1, 0.15) is 55.8 Å². The van der Waals surface area contributed by atoms with Crippen LogP contribution in [0.15, 0.2) is 23.1 Å². The Balaban J connectivity index is 1.72. The summed E-state index contributed by atoms with van der Waals surface area (Å²) in [6, 6.07) is 5.72. The molecule has 1 aromatic carbocycles. The van der Waals surface area contributed by atoms with E-state index in [1.165, 1.54) is 19.3 Å². The Kier molecular flexibility index (Phi) is 5.82. The number of carbonyl (C=O) groups is 2. The molecule has 130 valence electrons. The van der Waals surface area contributed by atoms with Crippen molar-refractivity contribution in [2.75, 3.05) is 24.2 Å². The van der Waals surface area contributed by atoms with Gasteiger partial charge in [-0.05, 0) is 43.4 Å². The minimum atomic E-state index is 0.0306. The zero-order valence-corrected chi connectivity index (χ0v) is 15.2. The maximum Gasteiger partial charge on any atom is 0.253 e. The first-order chi connectivity index (χ1) is 11.7. The molecule has 5 heteroatoms. The number of rotatable bonds is 3. The number of hydrogen-bond acceptors (Lipinski definition) is 3. The van der Waals surface area contributed by atoms with Crippen LogP contribution in [-0.4, -0.2) is 35.6 Å². The van der Waals surface area contributed by atoms with Gasteiger partial charge in [-0.1, -0.05) is 19.8 Å². The largest absolute Gasteiger partial charge is 0.339 e. The first-order valence-corrected chi connectivity index (χ1v) is 10.0. The normalized spacial score (nSPS) is 21.5. The van der Waals surface area contributed by atoms with E-state index >= 15 is 0 Å². The lowest BCUT2D eigenvalue weighted by Gasteiger charge is -2.21. The molecule has 1 fully saturated rings. The van der Waals surface area contributed by atoms with E-state index < -0.39 is 0 Å². The minimum Gasteiger partial charge on any atom is -0.339 e. The summed E-state index contributed by atoms with van der Waals surface area (Å²) in [4.78, 5) is 27.7. The molecule has 0 saturated carbocycles. The molecule has 0 aliphatic carbocycles. The van der Waals surface area contributed by atoms with Crippen LogP contribution in [0.3, 0.4) is 0 Å². The molecule has 2 amide bonds. The van der Waals surface area contributed by atoms with Crippen molar-refractivity contribution >= 4 is 29.3 Å². The number of thioether (sulfide) groups is 1. The lowest BCUT2D eigenvalue weighted by Crippen LogP contribution is -2.32. The Morgan fingerprint density at radius 3 is 3.04 bits per heavy atom. The predicted octanol–water partition coefficient (Wildman–Crippen LogP) is 4.16. The summed E-state index contributed by atoms with van der Waals surface area (Å²) in [6.45, 7) is 3.93. The molecular weight excluding hydrogens is 320 g/mol. The molecule has 2 aliphatic heterocycles. The molecule has 3 rings (SSSR count). The van der Waals surface area contributed by atoms with E-state index in [0.717, 1.165) is 48.2 Å². The average Bonchev–Trinajstić information content (AvgIpc) is 2.91. The number of anilines is 1. The van der Waals surface area contributed by atoms with E-state index in [-0.39, 0.29) is 11.8 Å². The zero-order chi connectivity index (χ0) is 16.9. The highest BCUT2D eigenvalue weighted by molar-refractivity contribution is 7.99. The van der Waals surface area contributed by atoms with Crippen LogP contribution in [0.5, 0.6) is 0 Å². The summed E-state index contributed by atoms with van der Waals surface area (Å²) >= 11 is 1.67. The first-order valence-electron chi connectivity index (χ1n) is 9.03. The summed E-state index contributed by atoms with van der Waals surface area (Å²) in [6.07, 6.45) is 6.44. The Morgan fingerprint density at radius 2 is 2.21 bits per heavy atom. The van der Waals surface area contributed by atoms with Crippen LogP contribution in [0.2, 0.25) is 0 Å². The molecule has 24 heavy (non-hydrogen) atoms. The minimum absolute atomic E-state index is 0.0306. The summed E-state index contributed by atoms with van der Waals surface area (Å²) < 4.78 is 0. The van der Waals surface area contributed by atoms with Crippen molar-refractivity contribution in [2.45, 2.75) is 50.3 Å². The summed E-state index contributed by atoms with van der Waals surface area (Å²) in [7, 11) is 0. The number of likely N-dealkylation sites (tertiary alicyclic amines) is 1. The van der Waals surface area contributed by atoms with Gasteiger partial charge in [0.15, 0.2) is 0 Å². The van der Waals surface area contributed by atoms with Crippen LogP contribution in [0.25, 0.3) is 0 Å². The molecule has 0 unspecified atom stereocenters. The molecule has 0 radical (unpaired) electrons. The van der Waals surface area contributed by atoms with Gasteiger partial charge in [-0.15, -0.1) is 11.8 Å². The van der Waals surface area contributed by atoms with Gasteiger partial charge in [0.05, 0.1) is 5.69 Å². The van der Waals surface area contributed by atoms with Crippen LogP contribution in [0.4, 0.5) is 5.69 Å². The number of fused-ring (bicyclic) bond motifs is 1. The van der Waals surface area contributed by atoms with Gasteiger partial charge < -0.3 is 10.2 Å². The highest BCUT2D eigenvalue weighted by Gasteiger charge is 2.22. The van der Waals surface area contributed by atoms with Crippen molar-refractivity contribution in [3.8, 4) is 0 Å². The van der Waals surface area contributed by atoms with Crippen LogP contribution in [-0.2, 0) is 4.79 Å². The summed E-state index contributed by atoms with van der Waals surface area (Å²) in [5.41, 5.74) is 1.47. The Morgan fingerprint density at radius 1 is 1.33 bits per heavy atom. The molecule has 2 aliphatic rings. The molecule has 2 heterocycles.